The molecule has 0 saturated heterocycles. The molecule has 5 rings (SSSR count). The fourth-order valence-corrected chi connectivity index (χ4v) is 5.13. The molecule has 0 N–H and O–H groups in total. The van der Waals surface area contributed by atoms with Gasteiger partial charge in [0.1, 0.15) is 0 Å². The summed E-state index contributed by atoms with van der Waals surface area (Å²) in [7, 11) is 0. The van der Waals surface area contributed by atoms with Gasteiger partial charge < -0.3 is 0 Å². The summed E-state index contributed by atoms with van der Waals surface area (Å²) in [6.07, 6.45) is 0. The summed E-state index contributed by atoms with van der Waals surface area (Å²) >= 11 is 12.6. The van der Waals surface area contributed by atoms with Gasteiger partial charge in [0.15, 0.2) is 0 Å². The molecule has 2 aromatic rings. The molecule has 2 aromatic carbocycles. The van der Waals surface area contributed by atoms with Crippen LogP contribution in [0.4, 0.5) is 0 Å². The van der Waals surface area contributed by atoms with E-state index < -0.39 is 0 Å². The summed E-state index contributed by atoms with van der Waals surface area (Å²) in [5.41, 5.74) is 5.85. The summed E-state index contributed by atoms with van der Waals surface area (Å²) in [6, 6.07) is 17.7. The van der Waals surface area contributed by atoms with Crippen LogP contribution in [0.15, 0.2) is 48.5 Å². The molecule has 102 valence electrons. The van der Waals surface area contributed by atoms with E-state index in [4.69, 9.17) is 23.2 Å². The summed E-state index contributed by atoms with van der Waals surface area (Å²) in [4.78, 5) is 0. The van der Waals surface area contributed by atoms with Crippen LogP contribution in [0.1, 0.15) is 34.1 Å². The number of fused-ring (bicyclic) bond motifs is 1. The van der Waals surface area contributed by atoms with Crippen LogP contribution in [0.2, 0.25) is 0 Å². The van der Waals surface area contributed by atoms with Crippen LogP contribution < -0.4 is 0 Å². The second-order valence-electron chi connectivity index (χ2n) is 5.85. The van der Waals surface area contributed by atoms with Crippen LogP contribution in [0, 0.1) is 11.8 Å². The molecular formula is C18H16Cl2. The Morgan fingerprint density at radius 1 is 0.600 bits per heavy atom. The van der Waals surface area contributed by atoms with E-state index in [9.17, 15) is 0 Å². The highest BCUT2D eigenvalue weighted by Crippen LogP contribution is 2.58. The van der Waals surface area contributed by atoms with E-state index in [1.54, 1.807) is 0 Å². The quantitative estimate of drug-likeness (QED) is 0.686. The van der Waals surface area contributed by atoms with Gasteiger partial charge in [-0.25, -0.2) is 0 Å². The first-order chi connectivity index (χ1) is 9.86. The fourth-order valence-electron chi connectivity index (χ4n) is 4.31. The molecule has 20 heavy (non-hydrogen) atoms. The van der Waals surface area contributed by atoms with Crippen molar-refractivity contribution < 1.29 is 0 Å². The van der Waals surface area contributed by atoms with Crippen LogP contribution in [0.3, 0.4) is 0 Å². The topological polar surface area (TPSA) is 0 Å². The van der Waals surface area contributed by atoms with E-state index in [0.29, 0.717) is 35.4 Å². The van der Waals surface area contributed by atoms with Gasteiger partial charge in [-0.1, -0.05) is 48.5 Å². The fraction of sp³-hybridized carbons (Fsp3) is 0.333. The third kappa shape index (κ3) is 1.55. The molecule has 0 spiro atoms. The molecule has 0 saturated carbocycles. The lowest BCUT2D eigenvalue weighted by Crippen LogP contribution is -2.41. The zero-order chi connectivity index (χ0) is 13.7. The van der Waals surface area contributed by atoms with Crippen molar-refractivity contribution in [3.8, 4) is 0 Å². The maximum Gasteiger partial charge on any atom is 0.0264 e. The first-order valence-electron chi connectivity index (χ1n) is 7.16. The van der Waals surface area contributed by atoms with Crippen molar-refractivity contribution in [1.29, 1.82) is 0 Å². The average molecular weight is 303 g/mol. The molecule has 0 aliphatic heterocycles. The molecule has 0 nitrogen and oxygen atoms in total. The largest absolute Gasteiger partial charge is 0.126 e. The molecule has 0 radical (unpaired) electrons. The van der Waals surface area contributed by atoms with Gasteiger partial charge in [0.05, 0.1) is 0 Å². The Hall–Kier alpha value is -0.980. The number of benzene rings is 2. The Kier molecular flexibility index (Phi) is 3.05. The van der Waals surface area contributed by atoms with Crippen LogP contribution in [0.25, 0.3) is 0 Å². The zero-order valence-electron chi connectivity index (χ0n) is 11.1. The normalized spacial score (nSPS) is 29.9. The first kappa shape index (κ1) is 12.7. The second kappa shape index (κ2) is 4.79. The van der Waals surface area contributed by atoms with Gasteiger partial charge in [0.2, 0.25) is 0 Å². The van der Waals surface area contributed by atoms with Crippen LogP contribution in [-0.2, 0) is 0 Å². The number of hydrogen-bond acceptors (Lipinski definition) is 0. The average Bonchev–Trinajstić information content (AvgIpc) is 2.53. The Bertz CT molecular complexity index is 546. The van der Waals surface area contributed by atoms with Crippen LogP contribution in [-0.4, -0.2) is 11.8 Å². The van der Waals surface area contributed by atoms with Crippen molar-refractivity contribution in [3.05, 3.63) is 70.8 Å². The van der Waals surface area contributed by atoms with Crippen LogP contribution in [0.5, 0.6) is 0 Å². The van der Waals surface area contributed by atoms with Gasteiger partial charge >= 0.3 is 0 Å². The van der Waals surface area contributed by atoms with Gasteiger partial charge in [0.25, 0.3) is 0 Å². The highest BCUT2D eigenvalue weighted by atomic mass is 35.5. The Balaban J connectivity index is 2.01. The minimum Gasteiger partial charge on any atom is -0.126 e. The summed E-state index contributed by atoms with van der Waals surface area (Å²) in [5, 5.41) is 0. The SMILES string of the molecule is ClC[C@@H]1C2c3ccccc3C(c3ccccc32)[C@H]1CCl. The van der Waals surface area contributed by atoms with Gasteiger partial charge in [-0.15, -0.1) is 23.2 Å². The number of rotatable bonds is 2. The molecule has 3 aliphatic carbocycles. The predicted molar refractivity (Wildman–Crippen MR) is 85.0 cm³/mol. The minimum absolute atomic E-state index is 0.411. The number of hydrogen-bond donors (Lipinski definition) is 0. The van der Waals surface area contributed by atoms with E-state index >= 15 is 0 Å². The number of alkyl halides is 2. The van der Waals surface area contributed by atoms with E-state index in [0.717, 1.165) is 0 Å². The third-order valence-corrected chi connectivity index (χ3v) is 5.81. The van der Waals surface area contributed by atoms with E-state index in [-0.39, 0.29) is 0 Å². The van der Waals surface area contributed by atoms with Crippen molar-refractivity contribution in [2.45, 2.75) is 11.8 Å². The van der Waals surface area contributed by atoms with Crippen molar-refractivity contribution in [2.75, 3.05) is 11.8 Å². The molecule has 2 atom stereocenters. The Labute approximate surface area is 129 Å². The minimum atomic E-state index is 0.411. The predicted octanol–water partition coefficient (Wildman–Crippen LogP) is 4.99. The highest BCUT2D eigenvalue weighted by Gasteiger charge is 2.48. The highest BCUT2D eigenvalue weighted by molar-refractivity contribution is 6.19. The standard InChI is InChI=1S/C18H16Cl2/c19-9-15-16(10-20)18-12-6-2-1-5-11(12)17(15)13-7-3-4-8-14(13)18/h1-8,15-18H,9-10H2/t15-,16-,17?,18?/m0/s1. The van der Waals surface area contributed by atoms with Gasteiger partial charge in [-0.05, 0) is 34.1 Å². The van der Waals surface area contributed by atoms with Crippen molar-refractivity contribution in [3.63, 3.8) is 0 Å². The lowest BCUT2D eigenvalue weighted by molar-refractivity contribution is 0.278. The maximum absolute atomic E-state index is 6.32. The third-order valence-electron chi connectivity index (χ3n) is 5.09. The second-order valence-corrected chi connectivity index (χ2v) is 6.47. The molecule has 0 aromatic heterocycles. The van der Waals surface area contributed by atoms with E-state index in [1.165, 1.54) is 22.3 Å². The first-order valence-corrected chi connectivity index (χ1v) is 8.23. The molecule has 0 amide bonds. The summed E-state index contributed by atoms with van der Waals surface area (Å²) in [5.74, 6) is 3.08. The summed E-state index contributed by atoms with van der Waals surface area (Å²) < 4.78 is 0. The molecular weight excluding hydrogens is 287 g/mol. The molecule has 0 heterocycles. The molecule has 2 bridgehead atoms. The monoisotopic (exact) mass is 302 g/mol. The van der Waals surface area contributed by atoms with Gasteiger partial charge in [-0.3, -0.25) is 0 Å². The van der Waals surface area contributed by atoms with Crippen molar-refractivity contribution in [1.82, 2.24) is 0 Å². The molecule has 2 heteroatoms. The van der Waals surface area contributed by atoms with Gasteiger partial charge in [0, 0.05) is 23.6 Å². The smallest absolute Gasteiger partial charge is 0.0264 e. The maximum atomic E-state index is 6.32. The Morgan fingerprint density at radius 2 is 0.900 bits per heavy atom. The van der Waals surface area contributed by atoms with E-state index in [2.05, 4.69) is 48.5 Å². The van der Waals surface area contributed by atoms with Gasteiger partial charge in [-0.2, -0.15) is 0 Å². The van der Waals surface area contributed by atoms with E-state index in [1.807, 2.05) is 0 Å². The molecule has 0 fully saturated rings. The number of halogens is 2. The van der Waals surface area contributed by atoms with Crippen LogP contribution >= 0.6 is 23.2 Å². The molecule has 0 unspecified atom stereocenters. The lowest BCUT2D eigenvalue weighted by Gasteiger charge is -2.50. The lowest BCUT2D eigenvalue weighted by atomic mass is 9.55. The zero-order valence-corrected chi connectivity index (χ0v) is 12.6. The molecule has 3 aliphatic rings. The van der Waals surface area contributed by atoms with Crippen molar-refractivity contribution in [2.24, 2.45) is 11.8 Å². The van der Waals surface area contributed by atoms with Crippen molar-refractivity contribution >= 4 is 23.2 Å². The summed E-state index contributed by atoms with van der Waals surface area (Å²) in [6.45, 7) is 0. The Morgan fingerprint density at radius 3 is 1.15 bits per heavy atom.